The third kappa shape index (κ3) is 8.02. The Kier molecular flexibility index (Phi) is 11.2. The normalized spacial score (nSPS) is 18.2. The number of halogens is 2. The van der Waals surface area contributed by atoms with Crippen molar-refractivity contribution in [3.63, 3.8) is 0 Å². The second kappa shape index (κ2) is 14.4. The molecule has 0 aliphatic heterocycles. The summed E-state index contributed by atoms with van der Waals surface area (Å²) in [5, 5.41) is 8.50. The molecule has 188 valence electrons. The van der Waals surface area contributed by atoms with E-state index in [1.807, 2.05) is 6.07 Å². The van der Waals surface area contributed by atoms with Crippen molar-refractivity contribution in [3.8, 4) is 17.0 Å². The van der Waals surface area contributed by atoms with Crippen LogP contribution in [0.5, 0.6) is 5.75 Å². The summed E-state index contributed by atoms with van der Waals surface area (Å²) in [6.07, 6.45) is 16.8. The van der Waals surface area contributed by atoms with E-state index in [0.29, 0.717) is 12.3 Å². The number of ether oxygens (including phenoxy) is 1. The Morgan fingerprint density at radius 1 is 0.765 bits per heavy atom. The van der Waals surface area contributed by atoms with Crippen LogP contribution in [0.1, 0.15) is 103 Å². The topological polar surface area (TPSA) is 35.0 Å². The van der Waals surface area contributed by atoms with Gasteiger partial charge in [-0.1, -0.05) is 84.5 Å². The van der Waals surface area contributed by atoms with E-state index in [4.69, 9.17) is 4.74 Å². The summed E-state index contributed by atoms with van der Waals surface area (Å²) in [4.78, 5) is 0. The standard InChI is InChI=1S/C29H42F2N2O/c1-3-5-7-8-9-21-34-27-20-18-25(28(30)29(27)31)26-19-17-24(32-33-26)16-15-23-13-11-22(12-14-23)10-6-4-2/h17-20,22-23H,3-16,21H2,1-2H3. The van der Waals surface area contributed by atoms with E-state index in [1.165, 1.54) is 69.9 Å². The predicted molar refractivity (Wildman–Crippen MR) is 135 cm³/mol. The molecule has 1 aromatic carbocycles. The van der Waals surface area contributed by atoms with Crippen molar-refractivity contribution in [1.82, 2.24) is 10.2 Å². The maximum atomic E-state index is 14.7. The largest absolute Gasteiger partial charge is 0.490 e. The molecular weight excluding hydrogens is 430 g/mol. The molecule has 0 unspecified atom stereocenters. The number of unbranched alkanes of at least 4 members (excludes halogenated alkanes) is 5. The maximum absolute atomic E-state index is 14.7. The van der Waals surface area contributed by atoms with Crippen LogP contribution in [0.2, 0.25) is 0 Å². The zero-order chi connectivity index (χ0) is 24.2. The first kappa shape index (κ1) is 26.6. The third-order valence-electron chi connectivity index (χ3n) is 7.29. The van der Waals surface area contributed by atoms with Gasteiger partial charge in [0.15, 0.2) is 11.6 Å². The smallest absolute Gasteiger partial charge is 0.201 e. The highest BCUT2D eigenvalue weighted by molar-refractivity contribution is 5.61. The molecule has 5 heteroatoms. The first-order chi connectivity index (χ1) is 16.6. The van der Waals surface area contributed by atoms with Crippen molar-refractivity contribution >= 4 is 0 Å². The van der Waals surface area contributed by atoms with Crippen LogP contribution in [-0.4, -0.2) is 16.8 Å². The van der Waals surface area contributed by atoms with Gasteiger partial charge in [0.05, 0.1) is 18.0 Å². The van der Waals surface area contributed by atoms with E-state index >= 15 is 0 Å². The summed E-state index contributed by atoms with van der Waals surface area (Å²) >= 11 is 0. The van der Waals surface area contributed by atoms with Crippen molar-refractivity contribution in [1.29, 1.82) is 0 Å². The minimum absolute atomic E-state index is 0.0364. The summed E-state index contributed by atoms with van der Waals surface area (Å²) in [7, 11) is 0. The third-order valence-corrected chi connectivity index (χ3v) is 7.29. The number of rotatable bonds is 14. The summed E-state index contributed by atoms with van der Waals surface area (Å²) < 4.78 is 34.7. The van der Waals surface area contributed by atoms with Gasteiger partial charge in [0.1, 0.15) is 0 Å². The van der Waals surface area contributed by atoms with Gasteiger partial charge in [-0.25, -0.2) is 4.39 Å². The second-order valence-electron chi connectivity index (χ2n) is 9.98. The lowest BCUT2D eigenvalue weighted by molar-refractivity contribution is 0.249. The fourth-order valence-corrected chi connectivity index (χ4v) is 5.02. The fraction of sp³-hybridized carbons (Fsp3) is 0.655. The van der Waals surface area contributed by atoms with Crippen LogP contribution in [0.15, 0.2) is 24.3 Å². The predicted octanol–water partition coefficient (Wildman–Crippen LogP) is 8.70. The number of hydrogen-bond donors (Lipinski definition) is 0. The molecule has 34 heavy (non-hydrogen) atoms. The van der Waals surface area contributed by atoms with Crippen molar-refractivity contribution in [2.45, 2.75) is 104 Å². The van der Waals surface area contributed by atoms with Gasteiger partial charge >= 0.3 is 0 Å². The van der Waals surface area contributed by atoms with E-state index in [2.05, 4.69) is 24.0 Å². The first-order valence-corrected chi connectivity index (χ1v) is 13.6. The van der Waals surface area contributed by atoms with Gasteiger partial charge in [0, 0.05) is 5.56 Å². The van der Waals surface area contributed by atoms with Crippen LogP contribution in [0, 0.1) is 23.5 Å². The molecule has 1 aliphatic rings. The van der Waals surface area contributed by atoms with Gasteiger partial charge in [-0.3, -0.25) is 0 Å². The average molecular weight is 473 g/mol. The maximum Gasteiger partial charge on any atom is 0.201 e. The molecule has 0 amide bonds. The number of benzene rings is 1. The summed E-state index contributed by atoms with van der Waals surface area (Å²) in [6.45, 7) is 4.83. The molecule has 0 saturated heterocycles. The number of aryl methyl sites for hydroxylation is 1. The summed E-state index contributed by atoms with van der Waals surface area (Å²) in [5.41, 5.74) is 1.39. The molecule has 1 saturated carbocycles. The fourth-order valence-electron chi connectivity index (χ4n) is 5.02. The SMILES string of the molecule is CCCCCCCOc1ccc(-c2ccc(CCC3CCC(CCCC)CC3)nn2)c(F)c1F. The van der Waals surface area contributed by atoms with Crippen molar-refractivity contribution in [2.75, 3.05) is 6.61 Å². The highest BCUT2D eigenvalue weighted by Crippen LogP contribution is 2.34. The lowest BCUT2D eigenvalue weighted by atomic mass is 9.78. The van der Waals surface area contributed by atoms with E-state index in [1.54, 1.807) is 6.07 Å². The Morgan fingerprint density at radius 2 is 1.47 bits per heavy atom. The molecule has 0 bridgehead atoms. The highest BCUT2D eigenvalue weighted by Gasteiger charge is 2.21. The molecule has 1 aliphatic carbocycles. The van der Waals surface area contributed by atoms with E-state index in [9.17, 15) is 8.78 Å². The minimum Gasteiger partial charge on any atom is -0.490 e. The molecule has 0 spiro atoms. The Labute approximate surface area is 204 Å². The quantitative estimate of drug-likeness (QED) is 0.258. The summed E-state index contributed by atoms with van der Waals surface area (Å²) in [6, 6.07) is 6.67. The Bertz CT molecular complexity index is 848. The molecule has 3 rings (SSSR count). The zero-order valence-corrected chi connectivity index (χ0v) is 21.1. The summed E-state index contributed by atoms with van der Waals surface area (Å²) in [5.74, 6) is -0.221. The number of nitrogens with zero attached hydrogens (tertiary/aromatic N) is 2. The number of hydrogen-bond acceptors (Lipinski definition) is 3. The van der Waals surface area contributed by atoms with Crippen LogP contribution < -0.4 is 4.74 Å². The van der Waals surface area contributed by atoms with E-state index in [0.717, 1.165) is 49.6 Å². The molecule has 1 aromatic heterocycles. The Morgan fingerprint density at radius 3 is 2.15 bits per heavy atom. The van der Waals surface area contributed by atoms with Crippen LogP contribution in [-0.2, 0) is 6.42 Å². The van der Waals surface area contributed by atoms with E-state index < -0.39 is 11.6 Å². The van der Waals surface area contributed by atoms with E-state index in [-0.39, 0.29) is 11.3 Å². The van der Waals surface area contributed by atoms with Gasteiger partial charge < -0.3 is 4.74 Å². The van der Waals surface area contributed by atoms with Crippen LogP contribution in [0.25, 0.3) is 11.3 Å². The van der Waals surface area contributed by atoms with Gasteiger partial charge in [-0.2, -0.15) is 14.6 Å². The first-order valence-electron chi connectivity index (χ1n) is 13.6. The minimum atomic E-state index is -0.952. The van der Waals surface area contributed by atoms with Gasteiger partial charge in [-0.05, 0) is 55.4 Å². The highest BCUT2D eigenvalue weighted by atomic mass is 19.2. The zero-order valence-electron chi connectivity index (χ0n) is 21.1. The lowest BCUT2D eigenvalue weighted by Crippen LogP contribution is -2.15. The van der Waals surface area contributed by atoms with Crippen LogP contribution in [0.4, 0.5) is 8.78 Å². The number of aromatic nitrogens is 2. The molecule has 1 heterocycles. The monoisotopic (exact) mass is 472 g/mol. The molecular formula is C29H42F2N2O. The van der Waals surface area contributed by atoms with Crippen molar-refractivity contribution in [3.05, 3.63) is 41.6 Å². The molecule has 3 nitrogen and oxygen atoms in total. The van der Waals surface area contributed by atoms with Gasteiger partial charge in [-0.15, -0.1) is 0 Å². The molecule has 1 fully saturated rings. The van der Waals surface area contributed by atoms with Crippen LogP contribution in [0.3, 0.4) is 0 Å². The Balaban J connectivity index is 1.48. The van der Waals surface area contributed by atoms with Crippen molar-refractivity contribution in [2.24, 2.45) is 11.8 Å². The van der Waals surface area contributed by atoms with Gasteiger partial charge in [0.25, 0.3) is 0 Å². The van der Waals surface area contributed by atoms with Crippen LogP contribution >= 0.6 is 0 Å². The van der Waals surface area contributed by atoms with Crippen molar-refractivity contribution < 1.29 is 13.5 Å². The second-order valence-corrected chi connectivity index (χ2v) is 9.98. The van der Waals surface area contributed by atoms with Gasteiger partial charge in [0.2, 0.25) is 5.82 Å². The molecule has 0 N–H and O–H groups in total. The molecule has 0 atom stereocenters. The molecule has 0 radical (unpaired) electrons. The lowest BCUT2D eigenvalue weighted by Gasteiger charge is -2.28. The Hall–Kier alpha value is -2.04. The average Bonchev–Trinajstić information content (AvgIpc) is 2.87. The molecule has 2 aromatic rings.